The van der Waals surface area contributed by atoms with Crippen LogP contribution in [-0.4, -0.2) is 30.4 Å². The molecule has 144 valence electrons. The van der Waals surface area contributed by atoms with Crippen molar-refractivity contribution in [2.24, 2.45) is 5.10 Å². The van der Waals surface area contributed by atoms with Crippen LogP contribution in [0.1, 0.15) is 24.5 Å². The minimum absolute atomic E-state index is 0.133. The largest absolute Gasteiger partial charge is 0.503 e. The molecule has 0 saturated heterocycles. The quantitative estimate of drug-likeness (QED) is 0.468. The van der Waals surface area contributed by atoms with Gasteiger partial charge in [-0.25, -0.2) is 5.43 Å². The maximum Gasteiger partial charge on any atom is 0.262 e. The number of rotatable bonds is 7. The molecule has 8 heteroatoms. The van der Waals surface area contributed by atoms with Crippen molar-refractivity contribution >= 4 is 41.0 Å². The van der Waals surface area contributed by atoms with Gasteiger partial charge in [-0.1, -0.05) is 30.1 Å². The SMILES string of the molecule is CCC(Nc1ccc(Cl)cc1C)C(=O)NN=Cc1cc(Cl)c(O)c(OC)c1. The molecule has 6 nitrogen and oxygen atoms in total. The van der Waals surface area contributed by atoms with Crippen LogP contribution in [0.25, 0.3) is 0 Å². The van der Waals surface area contributed by atoms with Crippen LogP contribution in [-0.2, 0) is 4.79 Å². The number of nitrogens with zero attached hydrogens (tertiary/aromatic N) is 1. The minimum atomic E-state index is -0.458. The monoisotopic (exact) mass is 409 g/mol. The maximum atomic E-state index is 12.4. The molecule has 1 amide bonds. The number of anilines is 1. The van der Waals surface area contributed by atoms with Gasteiger partial charge < -0.3 is 15.2 Å². The lowest BCUT2D eigenvalue weighted by Gasteiger charge is -2.18. The Kier molecular flexibility index (Phi) is 7.33. The Hall–Kier alpha value is -2.44. The normalized spacial score (nSPS) is 12.0. The van der Waals surface area contributed by atoms with Crippen LogP contribution in [0.15, 0.2) is 35.4 Å². The number of phenols is 1. The summed E-state index contributed by atoms with van der Waals surface area (Å²) in [5.41, 5.74) is 4.86. The van der Waals surface area contributed by atoms with E-state index in [1.807, 2.05) is 26.0 Å². The molecule has 2 aromatic carbocycles. The number of hydrogen-bond donors (Lipinski definition) is 3. The third-order valence-corrected chi connectivity index (χ3v) is 4.43. The number of ether oxygens (including phenoxy) is 1. The first-order valence-electron chi connectivity index (χ1n) is 8.27. The molecule has 2 aromatic rings. The van der Waals surface area contributed by atoms with E-state index in [0.717, 1.165) is 11.3 Å². The van der Waals surface area contributed by atoms with Crippen molar-refractivity contribution in [2.75, 3.05) is 12.4 Å². The number of benzene rings is 2. The highest BCUT2D eigenvalue weighted by Gasteiger charge is 2.16. The zero-order chi connectivity index (χ0) is 20.0. The predicted octanol–water partition coefficient (Wildman–Crippen LogP) is 4.36. The number of halogens is 2. The van der Waals surface area contributed by atoms with Crippen molar-refractivity contribution in [2.45, 2.75) is 26.3 Å². The Bertz CT molecular complexity index is 856. The number of carbonyl (C=O) groups is 1. The van der Waals surface area contributed by atoms with E-state index >= 15 is 0 Å². The predicted molar refractivity (Wildman–Crippen MR) is 109 cm³/mol. The molecule has 0 saturated carbocycles. The second-order valence-electron chi connectivity index (χ2n) is 5.85. The molecular formula is C19H21Cl2N3O3. The molecule has 27 heavy (non-hydrogen) atoms. The molecule has 1 atom stereocenters. The molecule has 0 aliphatic rings. The Labute approximate surface area is 168 Å². The summed E-state index contributed by atoms with van der Waals surface area (Å²) in [5, 5.41) is 17.6. The molecule has 0 aliphatic carbocycles. The van der Waals surface area contributed by atoms with E-state index < -0.39 is 6.04 Å². The van der Waals surface area contributed by atoms with Gasteiger partial charge in [-0.15, -0.1) is 0 Å². The number of methoxy groups -OCH3 is 1. The maximum absolute atomic E-state index is 12.4. The highest BCUT2D eigenvalue weighted by Crippen LogP contribution is 2.34. The number of hydrogen-bond acceptors (Lipinski definition) is 5. The van der Waals surface area contributed by atoms with Crippen molar-refractivity contribution in [1.82, 2.24) is 5.43 Å². The molecule has 3 N–H and O–H groups in total. The van der Waals surface area contributed by atoms with Crippen LogP contribution in [0.2, 0.25) is 10.0 Å². The average molecular weight is 410 g/mol. The number of amides is 1. The van der Waals surface area contributed by atoms with Gasteiger partial charge in [0.15, 0.2) is 11.5 Å². The van der Waals surface area contributed by atoms with Gasteiger partial charge in [0.1, 0.15) is 6.04 Å². The number of aromatic hydroxyl groups is 1. The van der Waals surface area contributed by atoms with Crippen LogP contribution in [0.5, 0.6) is 11.5 Å². The molecule has 2 rings (SSSR count). The van der Waals surface area contributed by atoms with Gasteiger partial charge in [-0.05, 0) is 54.8 Å². The summed E-state index contributed by atoms with van der Waals surface area (Å²) < 4.78 is 5.03. The van der Waals surface area contributed by atoms with Crippen molar-refractivity contribution in [3.63, 3.8) is 0 Å². The standard InChI is InChI=1S/C19H21Cl2N3O3/c1-4-15(23-16-6-5-13(20)7-11(16)2)19(26)24-22-10-12-8-14(21)18(25)17(9-12)27-3/h5-10,15,23,25H,4H2,1-3H3,(H,24,26). The molecular weight excluding hydrogens is 389 g/mol. The van der Waals surface area contributed by atoms with Gasteiger partial charge in [-0.3, -0.25) is 4.79 Å². The fourth-order valence-electron chi connectivity index (χ4n) is 2.40. The second kappa shape index (κ2) is 9.48. The smallest absolute Gasteiger partial charge is 0.262 e. The van der Waals surface area contributed by atoms with Gasteiger partial charge in [0.2, 0.25) is 0 Å². The number of hydrazone groups is 1. The lowest BCUT2D eigenvalue weighted by atomic mass is 10.1. The fourth-order valence-corrected chi connectivity index (χ4v) is 2.85. The highest BCUT2D eigenvalue weighted by atomic mass is 35.5. The summed E-state index contributed by atoms with van der Waals surface area (Å²) in [6, 6.07) is 8.04. The lowest BCUT2D eigenvalue weighted by molar-refractivity contribution is -0.121. The van der Waals surface area contributed by atoms with E-state index in [1.54, 1.807) is 12.1 Å². The summed E-state index contributed by atoms with van der Waals surface area (Å²) in [5.74, 6) is -0.199. The summed E-state index contributed by atoms with van der Waals surface area (Å²) >= 11 is 11.9. The van der Waals surface area contributed by atoms with E-state index in [9.17, 15) is 9.90 Å². The van der Waals surface area contributed by atoms with Crippen LogP contribution in [0.4, 0.5) is 5.69 Å². The first-order valence-corrected chi connectivity index (χ1v) is 9.03. The summed E-state index contributed by atoms with van der Waals surface area (Å²) in [7, 11) is 1.42. The van der Waals surface area contributed by atoms with Crippen LogP contribution < -0.4 is 15.5 Å². The summed E-state index contributed by atoms with van der Waals surface area (Å²) in [6.07, 6.45) is 1.99. The zero-order valence-electron chi connectivity index (χ0n) is 15.2. The molecule has 0 aliphatic heterocycles. The Morgan fingerprint density at radius 1 is 1.33 bits per heavy atom. The number of carbonyl (C=O) groups excluding carboxylic acids is 1. The third kappa shape index (κ3) is 5.52. The van der Waals surface area contributed by atoms with E-state index in [1.165, 1.54) is 19.4 Å². The first kappa shape index (κ1) is 20.9. The van der Waals surface area contributed by atoms with Gasteiger partial charge in [0, 0.05) is 10.7 Å². The summed E-state index contributed by atoms with van der Waals surface area (Å²) in [4.78, 5) is 12.4. The van der Waals surface area contributed by atoms with E-state index in [2.05, 4.69) is 15.8 Å². The lowest BCUT2D eigenvalue weighted by Crippen LogP contribution is -2.37. The van der Waals surface area contributed by atoms with Crippen molar-refractivity contribution in [1.29, 1.82) is 0 Å². The Balaban J connectivity index is 2.04. The fraction of sp³-hybridized carbons (Fsp3) is 0.263. The molecule has 0 spiro atoms. The summed E-state index contributed by atoms with van der Waals surface area (Å²) in [6.45, 7) is 3.82. The van der Waals surface area contributed by atoms with Crippen LogP contribution in [0.3, 0.4) is 0 Å². The van der Waals surface area contributed by atoms with Crippen molar-refractivity contribution in [3.05, 3.63) is 51.5 Å². The van der Waals surface area contributed by atoms with Crippen molar-refractivity contribution < 1.29 is 14.6 Å². The molecule has 0 bridgehead atoms. The van der Waals surface area contributed by atoms with Gasteiger partial charge >= 0.3 is 0 Å². The Morgan fingerprint density at radius 3 is 2.70 bits per heavy atom. The van der Waals surface area contributed by atoms with Crippen molar-refractivity contribution in [3.8, 4) is 11.5 Å². The van der Waals surface area contributed by atoms with Gasteiger partial charge in [0.05, 0.1) is 18.3 Å². The molecule has 0 aromatic heterocycles. The molecule has 0 radical (unpaired) electrons. The van der Waals surface area contributed by atoms with E-state index in [-0.39, 0.29) is 22.4 Å². The highest BCUT2D eigenvalue weighted by molar-refractivity contribution is 6.32. The van der Waals surface area contributed by atoms with Gasteiger partial charge in [-0.2, -0.15) is 5.10 Å². The minimum Gasteiger partial charge on any atom is -0.503 e. The molecule has 1 unspecified atom stereocenters. The van der Waals surface area contributed by atoms with E-state index in [0.29, 0.717) is 17.0 Å². The second-order valence-corrected chi connectivity index (χ2v) is 6.70. The number of nitrogens with one attached hydrogen (secondary N) is 2. The zero-order valence-corrected chi connectivity index (χ0v) is 16.7. The topological polar surface area (TPSA) is 83.0 Å². The number of phenolic OH excluding ortho intramolecular Hbond substituents is 1. The first-order chi connectivity index (χ1) is 12.8. The van der Waals surface area contributed by atoms with Crippen LogP contribution in [0, 0.1) is 6.92 Å². The molecule has 0 heterocycles. The third-order valence-electron chi connectivity index (χ3n) is 3.90. The van der Waals surface area contributed by atoms with E-state index in [4.69, 9.17) is 27.9 Å². The number of aryl methyl sites for hydroxylation is 1. The molecule has 0 fully saturated rings. The Morgan fingerprint density at radius 2 is 2.07 bits per heavy atom. The average Bonchev–Trinajstić information content (AvgIpc) is 2.63. The van der Waals surface area contributed by atoms with Crippen LogP contribution >= 0.6 is 23.2 Å². The van der Waals surface area contributed by atoms with Gasteiger partial charge in [0.25, 0.3) is 5.91 Å².